The zero-order valence-electron chi connectivity index (χ0n) is 7.42. The van der Waals surface area contributed by atoms with Gasteiger partial charge in [-0.05, 0) is 23.6 Å². The Morgan fingerprint density at radius 3 is 2.50 bits per heavy atom. The fourth-order valence-corrected chi connectivity index (χ4v) is 1.52. The predicted octanol–water partition coefficient (Wildman–Crippen LogP) is 3.10. The summed E-state index contributed by atoms with van der Waals surface area (Å²) in [7, 11) is 0. The molecule has 0 saturated heterocycles. The molecule has 0 aliphatic carbocycles. The van der Waals surface area contributed by atoms with Crippen LogP contribution in [0.3, 0.4) is 0 Å². The summed E-state index contributed by atoms with van der Waals surface area (Å²) >= 11 is 3.42. The normalized spacial score (nSPS) is 13.4. The molecule has 1 aromatic rings. The van der Waals surface area contributed by atoms with E-state index in [9.17, 15) is 0 Å². The van der Waals surface area contributed by atoms with Crippen LogP contribution in [0, 0.1) is 5.92 Å². The Bertz CT molecular complexity index is 258. The lowest BCUT2D eigenvalue weighted by Gasteiger charge is -2.15. The van der Waals surface area contributed by atoms with Gasteiger partial charge in [-0.3, -0.25) is 0 Å². The summed E-state index contributed by atoms with van der Waals surface area (Å²) in [5.41, 5.74) is 7.18. The third kappa shape index (κ3) is 2.32. The van der Waals surface area contributed by atoms with Crippen LogP contribution >= 0.6 is 15.9 Å². The van der Waals surface area contributed by atoms with E-state index in [4.69, 9.17) is 5.73 Å². The van der Waals surface area contributed by atoms with Crippen molar-refractivity contribution in [3.8, 4) is 0 Å². The molecule has 0 aliphatic heterocycles. The van der Waals surface area contributed by atoms with Crippen LogP contribution in [0.15, 0.2) is 28.7 Å². The fourth-order valence-electron chi connectivity index (χ4n) is 1.10. The molecule has 66 valence electrons. The van der Waals surface area contributed by atoms with Gasteiger partial charge in [0, 0.05) is 10.5 Å². The molecule has 0 aromatic heterocycles. The summed E-state index contributed by atoms with van der Waals surface area (Å²) in [6, 6.07) is 8.31. The Labute approximate surface area is 82.1 Å². The van der Waals surface area contributed by atoms with Crippen LogP contribution in [-0.2, 0) is 0 Å². The van der Waals surface area contributed by atoms with E-state index in [0.29, 0.717) is 5.92 Å². The van der Waals surface area contributed by atoms with Gasteiger partial charge in [0.25, 0.3) is 0 Å². The topological polar surface area (TPSA) is 26.0 Å². The molecule has 2 heteroatoms. The highest BCUT2D eigenvalue weighted by Crippen LogP contribution is 2.21. The Hall–Kier alpha value is -0.340. The number of rotatable bonds is 2. The smallest absolute Gasteiger partial charge is 0.0318 e. The summed E-state index contributed by atoms with van der Waals surface area (Å²) in [6.07, 6.45) is 0. The first-order chi connectivity index (χ1) is 5.61. The van der Waals surface area contributed by atoms with Gasteiger partial charge >= 0.3 is 0 Å². The molecule has 1 nitrogen and oxygen atoms in total. The molecule has 0 spiro atoms. The maximum Gasteiger partial charge on any atom is 0.0318 e. The summed E-state index contributed by atoms with van der Waals surface area (Å²) < 4.78 is 1.09. The lowest BCUT2D eigenvalue weighted by Crippen LogP contribution is -2.16. The van der Waals surface area contributed by atoms with Crippen molar-refractivity contribution < 1.29 is 0 Å². The minimum atomic E-state index is 0.141. The van der Waals surface area contributed by atoms with Crippen molar-refractivity contribution in [3.05, 3.63) is 34.3 Å². The standard InChI is InChI=1S/C10H14BrN/c1-7(2)10(12)8-4-3-5-9(11)6-8/h3-7,10H,12H2,1-2H3. The first-order valence-electron chi connectivity index (χ1n) is 4.12. The van der Waals surface area contributed by atoms with Crippen LogP contribution in [0.1, 0.15) is 25.5 Å². The average molecular weight is 228 g/mol. The lowest BCUT2D eigenvalue weighted by molar-refractivity contribution is 0.514. The minimum Gasteiger partial charge on any atom is -0.324 e. The molecular formula is C10H14BrN. The van der Waals surface area contributed by atoms with Crippen molar-refractivity contribution in [1.82, 2.24) is 0 Å². The van der Waals surface area contributed by atoms with Crippen molar-refractivity contribution in [1.29, 1.82) is 0 Å². The number of nitrogens with two attached hydrogens (primary N) is 1. The molecule has 0 fully saturated rings. The van der Waals surface area contributed by atoms with Gasteiger partial charge in [-0.1, -0.05) is 41.9 Å². The summed E-state index contributed by atoms with van der Waals surface area (Å²) in [5.74, 6) is 0.485. The van der Waals surface area contributed by atoms with Gasteiger partial charge in [-0.2, -0.15) is 0 Å². The molecule has 0 aliphatic rings. The molecule has 2 N–H and O–H groups in total. The lowest BCUT2D eigenvalue weighted by atomic mass is 9.97. The molecule has 0 heterocycles. The molecule has 1 unspecified atom stereocenters. The number of halogens is 1. The molecule has 0 radical (unpaired) electrons. The molecule has 1 aromatic carbocycles. The van der Waals surface area contributed by atoms with E-state index in [1.54, 1.807) is 0 Å². The maximum absolute atomic E-state index is 5.99. The molecule has 1 rings (SSSR count). The van der Waals surface area contributed by atoms with E-state index < -0.39 is 0 Å². The number of benzene rings is 1. The SMILES string of the molecule is CC(C)C(N)c1cccc(Br)c1. The fraction of sp³-hybridized carbons (Fsp3) is 0.400. The highest BCUT2D eigenvalue weighted by atomic mass is 79.9. The number of hydrogen-bond donors (Lipinski definition) is 1. The largest absolute Gasteiger partial charge is 0.324 e. The average Bonchev–Trinajstić information content (AvgIpc) is 2.03. The third-order valence-electron chi connectivity index (χ3n) is 1.95. The summed E-state index contributed by atoms with van der Waals surface area (Å²) in [6.45, 7) is 4.26. The van der Waals surface area contributed by atoms with Gasteiger partial charge in [0.1, 0.15) is 0 Å². The molecule has 0 saturated carbocycles. The predicted molar refractivity (Wildman–Crippen MR) is 55.9 cm³/mol. The second kappa shape index (κ2) is 4.06. The highest BCUT2D eigenvalue weighted by Gasteiger charge is 2.09. The quantitative estimate of drug-likeness (QED) is 0.826. The Kier molecular flexibility index (Phi) is 3.29. The minimum absolute atomic E-state index is 0.141. The zero-order chi connectivity index (χ0) is 9.14. The molecular weight excluding hydrogens is 214 g/mol. The van der Waals surface area contributed by atoms with E-state index >= 15 is 0 Å². The monoisotopic (exact) mass is 227 g/mol. The van der Waals surface area contributed by atoms with Crippen LogP contribution in [0.2, 0.25) is 0 Å². The second-order valence-electron chi connectivity index (χ2n) is 3.32. The van der Waals surface area contributed by atoms with E-state index in [1.165, 1.54) is 5.56 Å². The summed E-state index contributed by atoms with van der Waals surface area (Å²) in [5, 5.41) is 0. The van der Waals surface area contributed by atoms with Gasteiger partial charge in [-0.15, -0.1) is 0 Å². The molecule has 12 heavy (non-hydrogen) atoms. The van der Waals surface area contributed by atoms with Crippen LogP contribution in [0.25, 0.3) is 0 Å². The van der Waals surface area contributed by atoms with Crippen LogP contribution in [0.4, 0.5) is 0 Å². The van der Waals surface area contributed by atoms with E-state index in [2.05, 4.69) is 41.9 Å². The van der Waals surface area contributed by atoms with Gasteiger partial charge in [0.05, 0.1) is 0 Å². The third-order valence-corrected chi connectivity index (χ3v) is 2.45. The van der Waals surface area contributed by atoms with E-state index in [-0.39, 0.29) is 6.04 Å². The highest BCUT2D eigenvalue weighted by molar-refractivity contribution is 9.10. The van der Waals surface area contributed by atoms with E-state index in [1.807, 2.05) is 12.1 Å². The Balaban J connectivity index is 2.88. The molecule has 0 bridgehead atoms. The van der Waals surface area contributed by atoms with Gasteiger partial charge < -0.3 is 5.73 Å². The van der Waals surface area contributed by atoms with Gasteiger partial charge in [0.15, 0.2) is 0 Å². The van der Waals surface area contributed by atoms with Crippen molar-refractivity contribution >= 4 is 15.9 Å². The van der Waals surface area contributed by atoms with Crippen molar-refractivity contribution in [2.45, 2.75) is 19.9 Å². The Morgan fingerprint density at radius 2 is 2.00 bits per heavy atom. The van der Waals surface area contributed by atoms with Gasteiger partial charge in [0.2, 0.25) is 0 Å². The van der Waals surface area contributed by atoms with Gasteiger partial charge in [-0.25, -0.2) is 0 Å². The first kappa shape index (κ1) is 9.75. The zero-order valence-corrected chi connectivity index (χ0v) is 9.01. The van der Waals surface area contributed by atoms with Crippen LogP contribution < -0.4 is 5.73 Å². The second-order valence-corrected chi connectivity index (χ2v) is 4.24. The number of hydrogen-bond acceptors (Lipinski definition) is 1. The Morgan fingerprint density at radius 1 is 1.33 bits per heavy atom. The van der Waals surface area contributed by atoms with Crippen molar-refractivity contribution in [2.75, 3.05) is 0 Å². The van der Waals surface area contributed by atoms with Crippen molar-refractivity contribution in [3.63, 3.8) is 0 Å². The van der Waals surface area contributed by atoms with E-state index in [0.717, 1.165) is 4.47 Å². The van der Waals surface area contributed by atoms with Crippen molar-refractivity contribution in [2.24, 2.45) is 11.7 Å². The summed E-state index contributed by atoms with van der Waals surface area (Å²) in [4.78, 5) is 0. The maximum atomic E-state index is 5.99. The molecule has 1 atom stereocenters. The first-order valence-corrected chi connectivity index (χ1v) is 4.91. The van der Waals surface area contributed by atoms with Crippen LogP contribution in [-0.4, -0.2) is 0 Å². The molecule has 0 amide bonds. The van der Waals surface area contributed by atoms with Crippen LogP contribution in [0.5, 0.6) is 0 Å².